The van der Waals surface area contributed by atoms with Crippen LogP contribution in [0, 0.1) is 0 Å². The van der Waals surface area contributed by atoms with Gasteiger partial charge < -0.3 is 15.4 Å². The first-order chi connectivity index (χ1) is 9.79. The Morgan fingerprint density at radius 3 is 3.00 bits per heavy atom. The van der Waals surface area contributed by atoms with E-state index in [0.29, 0.717) is 30.1 Å². The zero-order valence-corrected chi connectivity index (χ0v) is 12.2. The van der Waals surface area contributed by atoms with Crippen LogP contribution in [0.3, 0.4) is 0 Å². The van der Waals surface area contributed by atoms with Crippen LogP contribution in [0.4, 0.5) is 0 Å². The van der Waals surface area contributed by atoms with Crippen molar-refractivity contribution in [1.82, 2.24) is 15.6 Å². The average Bonchev–Trinajstić information content (AvgIpc) is 2.97. The average molecular weight is 295 g/mol. The van der Waals surface area contributed by atoms with Gasteiger partial charge >= 0.3 is 0 Å². The van der Waals surface area contributed by atoms with Crippen molar-refractivity contribution in [3.63, 3.8) is 0 Å². The maximum absolute atomic E-state index is 5.96. The molecule has 0 fully saturated rings. The minimum Gasteiger partial charge on any atom is -0.475 e. The SMILES string of the molecule is CN=C(NCCOc1ncccc1Cl)NC1CC=CC1. The fourth-order valence-corrected chi connectivity index (χ4v) is 2.09. The first-order valence-corrected chi connectivity index (χ1v) is 7.03. The molecule has 1 aromatic heterocycles. The van der Waals surface area contributed by atoms with Crippen molar-refractivity contribution < 1.29 is 4.74 Å². The maximum Gasteiger partial charge on any atom is 0.232 e. The van der Waals surface area contributed by atoms with Gasteiger partial charge in [-0.15, -0.1) is 0 Å². The first kappa shape index (κ1) is 14.7. The summed E-state index contributed by atoms with van der Waals surface area (Å²) < 4.78 is 5.50. The normalized spacial score (nSPS) is 15.4. The minimum absolute atomic E-state index is 0.437. The van der Waals surface area contributed by atoms with Crippen LogP contribution in [-0.4, -0.2) is 37.2 Å². The highest BCUT2D eigenvalue weighted by Crippen LogP contribution is 2.19. The lowest BCUT2D eigenvalue weighted by molar-refractivity contribution is 0.309. The second-order valence-electron chi connectivity index (χ2n) is 4.42. The number of halogens is 1. The van der Waals surface area contributed by atoms with Gasteiger partial charge in [-0.05, 0) is 25.0 Å². The Morgan fingerprint density at radius 2 is 2.30 bits per heavy atom. The molecule has 0 spiro atoms. The third-order valence-corrected chi connectivity index (χ3v) is 3.22. The number of hydrogen-bond acceptors (Lipinski definition) is 3. The van der Waals surface area contributed by atoms with Crippen LogP contribution in [0.15, 0.2) is 35.5 Å². The van der Waals surface area contributed by atoms with Crippen LogP contribution in [0.25, 0.3) is 0 Å². The number of guanidine groups is 1. The molecule has 5 nitrogen and oxygen atoms in total. The Kier molecular flexibility index (Phi) is 5.68. The van der Waals surface area contributed by atoms with E-state index in [4.69, 9.17) is 16.3 Å². The molecule has 0 aromatic carbocycles. The van der Waals surface area contributed by atoms with Gasteiger partial charge in [0, 0.05) is 19.3 Å². The number of hydrogen-bond donors (Lipinski definition) is 2. The van der Waals surface area contributed by atoms with E-state index < -0.39 is 0 Å². The molecule has 0 radical (unpaired) electrons. The molecule has 1 heterocycles. The third-order valence-electron chi connectivity index (χ3n) is 2.93. The summed E-state index contributed by atoms with van der Waals surface area (Å²) in [6.45, 7) is 1.10. The van der Waals surface area contributed by atoms with Gasteiger partial charge in [0.25, 0.3) is 0 Å². The highest BCUT2D eigenvalue weighted by atomic mass is 35.5. The lowest BCUT2D eigenvalue weighted by Gasteiger charge is -2.17. The van der Waals surface area contributed by atoms with Gasteiger partial charge in [0.1, 0.15) is 11.6 Å². The minimum atomic E-state index is 0.437. The summed E-state index contributed by atoms with van der Waals surface area (Å²) in [6, 6.07) is 3.96. The molecule has 0 atom stereocenters. The fraction of sp³-hybridized carbons (Fsp3) is 0.429. The molecular weight excluding hydrogens is 276 g/mol. The van der Waals surface area contributed by atoms with Crippen molar-refractivity contribution in [2.24, 2.45) is 4.99 Å². The Balaban J connectivity index is 1.68. The predicted octanol–water partition coefficient (Wildman–Crippen LogP) is 2.00. The summed E-state index contributed by atoms with van der Waals surface area (Å²) in [6.07, 6.45) is 8.10. The van der Waals surface area contributed by atoms with E-state index in [1.165, 1.54) is 0 Å². The molecule has 0 saturated heterocycles. The topological polar surface area (TPSA) is 58.5 Å². The van der Waals surface area contributed by atoms with Crippen molar-refractivity contribution in [2.75, 3.05) is 20.2 Å². The molecule has 0 amide bonds. The van der Waals surface area contributed by atoms with Gasteiger partial charge in [-0.3, -0.25) is 4.99 Å². The third kappa shape index (κ3) is 4.42. The molecule has 1 aliphatic rings. The first-order valence-electron chi connectivity index (χ1n) is 6.65. The number of aromatic nitrogens is 1. The summed E-state index contributed by atoms with van der Waals surface area (Å²) in [4.78, 5) is 8.25. The van der Waals surface area contributed by atoms with E-state index in [9.17, 15) is 0 Å². The molecule has 0 bridgehead atoms. The summed E-state index contributed by atoms with van der Waals surface area (Å²) >= 11 is 5.96. The Bertz CT molecular complexity index is 482. The Hall–Kier alpha value is -1.75. The van der Waals surface area contributed by atoms with Gasteiger partial charge in [0.05, 0.1) is 6.54 Å². The lowest BCUT2D eigenvalue weighted by atomic mass is 10.2. The molecule has 1 aliphatic carbocycles. The van der Waals surface area contributed by atoms with E-state index in [1.54, 1.807) is 25.4 Å². The smallest absolute Gasteiger partial charge is 0.232 e. The van der Waals surface area contributed by atoms with Crippen LogP contribution >= 0.6 is 11.6 Å². The largest absolute Gasteiger partial charge is 0.475 e. The monoisotopic (exact) mass is 294 g/mol. The maximum atomic E-state index is 5.96. The standard InChI is InChI=1S/C14H19ClN4O/c1-16-14(19-11-5-2-3-6-11)18-9-10-20-13-12(15)7-4-8-17-13/h2-4,7-8,11H,5-6,9-10H2,1H3,(H2,16,18,19). The number of ether oxygens (including phenoxy) is 1. The van der Waals surface area contributed by atoms with Crippen LogP contribution < -0.4 is 15.4 Å². The Morgan fingerprint density at radius 1 is 1.50 bits per heavy atom. The second-order valence-corrected chi connectivity index (χ2v) is 4.83. The number of rotatable bonds is 5. The van der Waals surface area contributed by atoms with E-state index in [-0.39, 0.29) is 0 Å². The molecule has 2 rings (SSSR count). The quantitative estimate of drug-likeness (QED) is 0.377. The molecule has 0 aliphatic heterocycles. The van der Waals surface area contributed by atoms with Crippen LogP contribution in [0.5, 0.6) is 5.88 Å². The van der Waals surface area contributed by atoms with Crippen molar-refractivity contribution in [1.29, 1.82) is 0 Å². The van der Waals surface area contributed by atoms with Gasteiger partial charge in [0.2, 0.25) is 5.88 Å². The number of nitrogens with zero attached hydrogens (tertiary/aromatic N) is 2. The lowest BCUT2D eigenvalue weighted by Crippen LogP contribution is -2.43. The van der Waals surface area contributed by atoms with Gasteiger partial charge in [0.15, 0.2) is 5.96 Å². The molecule has 0 saturated carbocycles. The van der Waals surface area contributed by atoms with E-state index >= 15 is 0 Å². The van der Waals surface area contributed by atoms with Crippen LogP contribution in [0.2, 0.25) is 5.02 Å². The van der Waals surface area contributed by atoms with Crippen molar-refractivity contribution in [3.8, 4) is 5.88 Å². The summed E-state index contributed by atoms with van der Waals surface area (Å²) in [5.74, 6) is 1.24. The highest BCUT2D eigenvalue weighted by molar-refractivity contribution is 6.31. The molecule has 20 heavy (non-hydrogen) atoms. The van der Waals surface area contributed by atoms with Gasteiger partial charge in [-0.1, -0.05) is 23.8 Å². The molecule has 0 unspecified atom stereocenters. The zero-order chi connectivity index (χ0) is 14.2. The van der Waals surface area contributed by atoms with E-state index in [1.807, 2.05) is 0 Å². The number of nitrogens with one attached hydrogen (secondary N) is 2. The van der Waals surface area contributed by atoms with Gasteiger partial charge in [-0.25, -0.2) is 4.98 Å². The molecule has 2 N–H and O–H groups in total. The zero-order valence-electron chi connectivity index (χ0n) is 11.5. The summed E-state index contributed by atoms with van der Waals surface area (Å²) in [7, 11) is 1.76. The fourth-order valence-electron chi connectivity index (χ4n) is 1.92. The molecule has 108 valence electrons. The van der Waals surface area contributed by atoms with Crippen molar-refractivity contribution in [2.45, 2.75) is 18.9 Å². The highest BCUT2D eigenvalue weighted by Gasteiger charge is 2.11. The molecule has 1 aromatic rings. The molecule has 6 heteroatoms. The molecular formula is C14H19ClN4O. The second kappa shape index (κ2) is 7.75. The van der Waals surface area contributed by atoms with Crippen molar-refractivity contribution >= 4 is 17.6 Å². The number of aliphatic imine (C=N–C) groups is 1. The summed E-state index contributed by atoms with van der Waals surface area (Å²) in [5, 5.41) is 7.08. The summed E-state index contributed by atoms with van der Waals surface area (Å²) in [5.41, 5.74) is 0. The van der Waals surface area contributed by atoms with E-state index in [0.717, 1.165) is 18.8 Å². The number of pyridine rings is 1. The van der Waals surface area contributed by atoms with Crippen molar-refractivity contribution in [3.05, 3.63) is 35.5 Å². The van der Waals surface area contributed by atoms with Gasteiger partial charge in [-0.2, -0.15) is 0 Å². The predicted molar refractivity (Wildman–Crippen MR) is 81.4 cm³/mol. The van der Waals surface area contributed by atoms with Crippen LogP contribution in [0.1, 0.15) is 12.8 Å². The Labute approximate surface area is 124 Å². The van der Waals surface area contributed by atoms with Crippen LogP contribution in [-0.2, 0) is 0 Å². The van der Waals surface area contributed by atoms with E-state index in [2.05, 4.69) is 32.8 Å².